The minimum absolute atomic E-state index is 0.00153. The van der Waals surface area contributed by atoms with Gasteiger partial charge in [-0.1, -0.05) is 16.9 Å². The van der Waals surface area contributed by atoms with Gasteiger partial charge >= 0.3 is 0 Å². The van der Waals surface area contributed by atoms with Crippen molar-refractivity contribution in [2.45, 2.75) is 58.0 Å². The number of nitrogens with zero attached hydrogens (tertiary/aromatic N) is 4. The third-order valence-corrected chi connectivity index (χ3v) is 4.79. The van der Waals surface area contributed by atoms with Gasteiger partial charge in [-0.3, -0.25) is 19.3 Å². The third kappa shape index (κ3) is 5.48. The lowest BCUT2D eigenvalue weighted by Crippen LogP contribution is -2.33. The van der Waals surface area contributed by atoms with Crippen molar-refractivity contribution in [2.24, 2.45) is 5.73 Å². The molecule has 28 heavy (non-hydrogen) atoms. The molecule has 0 bridgehead atoms. The largest absolute Gasteiger partial charge is 0.366 e. The number of amides is 2. The highest BCUT2D eigenvalue weighted by molar-refractivity contribution is 5.93. The second kappa shape index (κ2) is 9.25. The fourth-order valence-corrected chi connectivity index (χ4v) is 3.35. The van der Waals surface area contributed by atoms with Crippen molar-refractivity contribution in [2.75, 3.05) is 0 Å². The van der Waals surface area contributed by atoms with E-state index in [9.17, 15) is 9.59 Å². The number of aromatic nitrogens is 4. The van der Waals surface area contributed by atoms with Gasteiger partial charge in [-0.2, -0.15) is 0 Å². The molecule has 0 spiro atoms. The van der Waals surface area contributed by atoms with Crippen LogP contribution in [0.25, 0.3) is 11.3 Å². The Balaban J connectivity index is 1.50. The Hall–Kier alpha value is -3.03. The van der Waals surface area contributed by atoms with Crippen LogP contribution in [0.5, 0.6) is 0 Å². The van der Waals surface area contributed by atoms with Crippen LogP contribution >= 0.6 is 0 Å². The SMILES string of the molecule is CC(CC1=CCCCC1)NC(=O)CCn1cc(-c2cncc(C(N)=O)c2)nn1. The molecule has 148 valence electrons. The summed E-state index contributed by atoms with van der Waals surface area (Å²) in [5.41, 5.74) is 8.27. The highest BCUT2D eigenvalue weighted by atomic mass is 16.2. The van der Waals surface area contributed by atoms with Crippen LogP contribution < -0.4 is 11.1 Å². The number of carbonyl (C=O) groups excluding carboxylic acids is 2. The second-order valence-corrected chi connectivity index (χ2v) is 7.22. The van der Waals surface area contributed by atoms with E-state index in [1.54, 1.807) is 23.1 Å². The van der Waals surface area contributed by atoms with Crippen molar-refractivity contribution in [1.29, 1.82) is 0 Å². The van der Waals surface area contributed by atoms with Crippen molar-refractivity contribution >= 4 is 11.8 Å². The molecule has 2 amide bonds. The quantitative estimate of drug-likeness (QED) is 0.679. The number of nitrogens with one attached hydrogen (secondary N) is 1. The minimum atomic E-state index is -0.545. The molecule has 0 saturated heterocycles. The molecule has 8 heteroatoms. The molecule has 2 heterocycles. The maximum Gasteiger partial charge on any atom is 0.250 e. The van der Waals surface area contributed by atoms with Gasteiger partial charge in [-0.25, -0.2) is 0 Å². The molecule has 0 radical (unpaired) electrons. The number of nitrogens with two attached hydrogens (primary N) is 1. The summed E-state index contributed by atoms with van der Waals surface area (Å²) in [6.45, 7) is 2.47. The van der Waals surface area contributed by atoms with Gasteiger partial charge < -0.3 is 11.1 Å². The first-order valence-corrected chi connectivity index (χ1v) is 9.64. The van der Waals surface area contributed by atoms with Crippen LogP contribution in [0.1, 0.15) is 55.8 Å². The van der Waals surface area contributed by atoms with Gasteiger partial charge in [0.2, 0.25) is 11.8 Å². The summed E-state index contributed by atoms with van der Waals surface area (Å²) in [6, 6.07) is 1.75. The summed E-state index contributed by atoms with van der Waals surface area (Å²) in [5.74, 6) is -0.546. The Morgan fingerprint density at radius 2 is 2.18 bits per heavy atom. The average molecular weight is 382 g/mol. The molecular weight excluding hydrogens is 356 g/mol. The van der Waals surface area contributed by atoms with Crippen LogP contribution in [0.2, 0.25) is 0 Å². The lowest BCUT2D eigenvalue weighted by atomic mass is 9.95. The first kappa shape index (κ1) is 19.7. The van der Waals surface area contributed by atoms with Gasteiger partial charge in [0.1, 0.15) is 5.69 Å². The molecule has 8 nitrogen and oxygen atoms in total. The number of carbonyl (C=O) groups is 2. The van der Waals surface area contributed by atoms with E-state index >= 15 is 0 Å². The Morgan fingerprint density at radius 3 is 2.93 bits per heavy atom. The van der Waals surface area contributed by atoms with E-state index in [-0.39, 0.29) is 11.9 Å². The van der Waals surface area contributed by atoms with Crippen molar-refractivity contribution < 1.29 is 9.59 Å². The van der Waals surface area contributed by atoms with E-state index < -0.39 is 5.91 Å². The lowest BCUT2D eigenvalue weighted by Gasteiger charge is -2.18. The predicted octanol–water partition coefficient (Wildman–Crippen LogP) is 2.22. The molecule has 1 aliphatic carbocycles. The summed E-state index contributed by atoms with van der Waals surface area (Å²) >= 11 is 0. The topological polar surface area (TPSA) is 116 Å². The summed E-state index contributed by atoms with van der Waals surface area (Å²) < 4.78 is 1.61. The molecule has 1 atom stereocenters. The summed E-state index contributed by atoms with van der Waals surface area (Å²) in [5, 5.41) is 11.2. The second-order valence-electron chi connectivity index (χ2n) is 7.22. The Kier molecular flexibility index (Phi) is 6.52. The number of hydrogen-bond donors (Lipinski definition) is 2. The van der Waals surface area contributed by atoms with E-state index in [1.165, 1.54) is 24.6 Å². The van der Waals surface area contributed by atoms with Crippen LogP contribution in [0.3, 0.4) is 0 Å². The van der Waals surface area contributed by atoms with Crippen LogP contribution in [0.4, 0.5) is 0 Å². The van der Waals surface area contributed by atoms with Crippen molar-refractivity contribution in [1.82, 2.24) is 25.3 Å². The van der Waals surface area contributed by atoms with Gasteiger partial charge in [0, 0.05) is 30.4 Å². The lowest BCUT2D eigenvalue weighted by molar-refractivity contribution is -0.121. The summed E-state index contributed by atoms with van der Waals surface area (Å²) in [6.07, 6.45) is 13.1. The first-order valence-electron chi connectivity index (χ1n) is 9.64. The summed E-state index contributed by atoms with van der Waals surface area (Å²) in [4.78, 5) is 27.5. The molecule has 0 aromatic carbocycles. The molecule has 1 unspecified atom stereocenters. The van der Waals surface area contributed by atoms with Gasteiger partial charge in [-0.05, 0) is 45.1 Å². The number of rotatable bonds is 8. The average Bonchev–Trinajstić information content (AvgIpc) is 3.16. The highest BCUT2D eigenvalue weighted by Crippen LogP contribution is 2.21. The molecule has 3 rings (SSSR count). The maximum atomic E-state index is 12.2. The standard InChI is InChI=1S/C20H26N6O2/c1-14(9-15-5-3-2-4-6-15)23-19(27)7-8-26-13-18(24-25-26)16-10-17(20(21)28)12-22-11-16/h5,10-14H,2-4,6-9H2,1H3,(H2,21,28)(H,23,27). The Morgan fingerprint density at radius 1 is 1.32 bits per heavy atom. The molecule has 0 saturated carbocycles. The van der Waals surface area contributed by atoms with Crippen molar-refractivity contribution in [3.63, 3.8) is 0 Å². The van der Waals surface area contributed by atoms with E-state index in [0.717, 1.165) is 19.3 Å². The molecule has 3 N–H and O–H groups in total. The molecular formula is C20H26N6O2. The van der Waals surface area contributed by atoms with E-state index in [1.807, 2.05) is 6.92 Å². The number of aryl methyl sites for hydroxylation is 1. The smallest absolute Gasteiger partial charge is 0.250 e. The van der Waals surface area contributed by atoms with Gasteiger partial charge in [0.15, 0.2) is 0 Å². The first-order chi connectivity index (χ1) is 13.5. The number of hydrogen-bond acceptors (Lipinski definition) is 5. The highest BCUT2D eigenvalue weighted by Gasteiger charge is 2.13. The normalized spacial score (nSPS) is 15.0. The Labute approximate surface area is 164 Å². The van der Waals surface area contributed by atoms with Crippen molar-refractivity contribution in [3.8, 4) is 11.3 Å². The molecule has 1 aliphatic rings. The van der Waals surface area contributed by atoms with Crippen LogP contribution in [0.15, 0.2) is 36.3 Å². The summed E-state index contributed by atoms with van der Waals surface area (Å²) in [7, 11) is 0. The minimum Gasteiger partial charge on any atom is -0.366 e. The zero-order chi connectivity index (χ0) is 19.9. The zero-order valence-corrected chi connectivity index (χ0v) is 16.1. The van der Waals surface area contributed by atoms with Crippen molar-refractivity contribution in [3.05, 3.63) is 41.9 Å². The third-order valence-electron chi connectivity index (χ3n) is 4.79. The molecule has 2 aromatic rings. The number of allylic oxidation sites excluding steroid dienone is 1. The fraction of sp³-hybridized carbons (Fsp3) is 0.450. The van der Waals surface area contributed by atoms with E-state index in [4.69, 9.17) is 5.73 Å². The monoisotopic (exact) mass is 382 g/mol. The molecule has 2 aromatic heterocycles. The number of primary amides is 1. The maximum absolute atomic E-state index is 12.2. The zero-order valence-electron chi connectivity index (χ0n) is 16.1. The van der Waals surface area contributed by atoms with Gasteiger partial charge in [-0.15, -0.1) is 5.10 Å². The van der Waals surface area contributed by atoms with Gasteiger partial charge in [0.05, 0.1) is 18.3 Å². The Bertz CT molecular complexity index is 873. The fourth-order valence-electron chi connectivity index (χ4n) is 3.35. The van der Waals surface area contributed by atoms with Crippen LogP contribution in [-0.2, 0) is 11.3 Å². The molecule has 0 fully saturated rings. The van der Waals surface area contributed by atoms with Gasteiger partial charge in [0.25, 0.3) is 0 Å². The molecule has 0 aliphatic heterocycles. The van der Waals surface area contributed by atoms with Crippen LogP contribution in [-0.4, -0.2) is 37.8 Å². The van der Waals surface area contributed by atoms with E-state index in [2.05, 4.69) is 26.7 Å². The van der Waals surface area contributed by atoms with E-state index in [0.29, 0.717) is 29.8 Å². The number of pyridine rings is 1. The predicted molar refractivity (Wildman–Crippen MR) is 105 cm³/mol. The van der Waals surface area contributed by atoms with Crippen LogP contribution in [0, 0.1) is 0 Å².